The third-order valence-corrected chi connectivity index (χ3v) is 7.04. The van der Waals surface area contributed by atoms with Crippen molar-refractivity contribution in [2.75, 3.05) is 18.2 Å². The van der Waals surface area contributed by atoms with Crippen LogP contribution >= 0.6 is 35.0 Å². The van der Waals surface area contributed by atoms with Crippen molar-refractivity contribution in [1.29, 1.82) is 0 Å². The van der Waals surface area contributed by atoms with Gasteiger partial charge in [0.25, 0.3) is 5.56 Å². The third-order valence-electron chi connectivity index (χ3n) is 5.36. The van der Waals surface area contributed by atoms with Crippen LogP contribution in [0.3, 0.4) is 0 Å². The summed E-state index contributed by atoms with van der Waals surface area (Å²) in [4.78, 5) is 34.3. The van der Waals surface area contributed by atoms with E-state index in [1.807, 2.05) is 24.3 Å². The maximum absolute atomic E-state index is 13.6. The number of fused-ring (bicyclic) bond motifs is 3. The van der Waals surface area contributed by atoms with E-state index in [1.54, 1.807) is 49.6 Å². The molecular formula is C25H18Cl2N4O3S. The third kappa shape index (κ3) is 4.60. The summed E-state index contributed by atoms with van der Waals surface area (Å²) in [6.45, 7) is 0. The number of ether oxygens (including phenoxy) is 1. The molecule has 0 aliphatic rings. The lowest BCUT2D eigenvalue weighted by Gasteiger charge is -2.13. The van der Waals surface area contributed by atoms with Gasteiger partial charge in [-0.3, -0.25) is 14.2 Å². The first kappa shape index (κ1) is 23.3. The zero-order valence-electron chi connectivity index (χ0n) is 18.3. The zero-order chi connectivity index (χ0) is 24.5. The zero-order valence-corrected chi connectivity index (χ0v) is 20.7. The molecule has 5 rings (SSSR count). The molecule has 0 radical (unpaired) electrons. The molecule has 7 nitrogen and oxygen atoms in total. The first-order valence-electron chi connectivity index (χ1n) is 10.5. The number of para-hydroxylation sites is 1. The Morgan fingerprint density at radius 1 is 1.09 bits per heavy atom. The predicted octanol–water partition coefficient (Wildman–Crippen LogP) is 5.91. The second kappa shape index (κ2) is 9.65. The molecule has 176 valence electrons. The molecule has 35 heavy (non-hydrogen) atoms. The summed E-state index contributed by atoms with van der Waals surface area (Å²) in [6.07, 6.45) is 0. The van der Waals surface area contributed by atoms with Crippen molar-refractivity contribution in [3.63, 3.8) is 0 Å². The number of methoxy groups -OCH3 is 1. The second-order valence-corrected chi connectivity index (χ2v) is 9.35. The van der Waals surface area contributed by atoms with Gasteiger partial charge in [-0.1, -0.05) is 53.2 Å². The second-order valence-electron chi connectivity index (χ2n) is 7.59. The van der Waals surface area contributed by atoms with Crippen LogP contribution in [0.1, 0.15) is 0 Å². The van der Waals surface area contributed by atoms with Crippen molar-refractivity contribution in [1.82, 2.24) is 14.5 Å². The standard InChI is InChI=1S/C25H18Cl2N4O3S/c1-34-16-9-7-15(8-10-16)31-24(33)23-22(17-4-2-3-5-20(17)29-23)30-25(31)35-13-21(32)28-14-6-11-18(26)19(27)12-14/h2-12,29H,13H2,1H3,(H,28,32). The number of thioether (sulfide) groups is 1. The van der Waals surface area contributed by atoms with Crippen LogP contribution in [0, 0.1) is 0 Å². The molecule has 0 spiro atoms. The normalized spacial score (nSPS) is 11.2. The fourth-order valence-corrected chi connectivity index (χ4v) is 4.80. The summed E-state index contributed by atoms with van der Waals surface area (Å²) in [5.41, 5.74) is 2.64. The summed E-state index contributed by atoms with van der Waals surface area (Å²) in [6, 6.07) is 19.5. The highest BCUT2D eigenvalue weighted by atomic mass is 35.5. The van der Waals surface area contributed by atoms with E-state index in [9.17, 15) is 9.59 Å². The lowest BCUT2D eigenvalue weighted by atomic mass is 10.2. The number of carbonyl (C=O) groups excluding carboxylic acids is 1. The minimum Gasteiger partial charge on any atom is -0.497 e. The summed E-state index contributed by atoms with van der Waals surface area (Å²) in [5.74, 6) is 0.413. The molecule has 0 unspecified atom stereocenters. The average molecular weight is 525 g/mol. The van der Waals surface area contributed by atoms with Crippen molar-refractivity contribution >= 4 is 68.5 Å². The van der Waals surface area contributed by atoms with Crippen molar-refractivity contribution in [2.24, 2.45) is 0 Å². The fourth-order valence-electron chi connectivity index (χ4n) is 3.70. The maximum Gasteiger partial charge on any atom is 0.283 e. The van der Waals surface area contributed by atoms with E-state index >= 15 is 0 Å². The first-order chi connectivity index (χ1) is 16.9. The smallest absolute Gasteiger partial charge is 0.283 e. The molecular weight excluding hydrogens is 507 g/mol. The van der Waals surface area contributed by atoms with Crippen LogP contribution in [0.4, 0.5) is 5.69 Å². The number of aromatic amines is 1. The number of nitrogens with one attached hydrogen (secondary N) is 2. The Kier molecular flexibility index (Phi) is 6.42. The Hall–Kier alpha value is -3.46. The van der Waals surface area contributed by atoms with Crippen LogP contribution in [0.5, 0.6) is 5.75 Å². The van der Waals surface area contributed by atoms with Crippen LogP contribution in [0.2, 0.25) is 10.0 Å². The van der Waals surface area contributed by atoms with Gasteiger partial charge in [0.05, 0.1) is 28.6 Å². The molecule has 0 aliphatic carbocycles. The van der Waals surface area contributed by atoms with Gasteiger partial charge >= 0.3 is 0 Å². The minimum absolute atomic E-state index is 0.0245. The Morgan fingerprint density at radius 3 is 2.60 bits per heavy atom. The number of H-pyrrole nitrogens is 1. The molecule has 2 aromatic heterocycles. The first-order valence-corrected chi connectivity index (χ1v) is 12.2. The number of amides is 1. The Balaban J connectivity index is 1.53. The molecule has 0 saturated heterocycles. The molecule has 2 N–H and O–H groups in total. The van der Waals surface area contributed by atoms with Gasteiger partial charge in [-0.25, -0.2) is 4.98 Å². The molecule has 1 amide bonds. The summed E-state index contributed by atoms with van der Waals surface area (Å²) < 4.78 is 6.74. The lowest BCUT2D eigenvalue weighted by molar-refractivity contribution is -0.113. The summed E-state index contributed by atoms with van der Waals surface area (Å²) in [5, 5.41) is 4.76. The number of carbonyl (C=O) groups is 1. The predicted molar refractivity (Wildman–Crippen MR) is 142 cm³/mol. The molecule has 0 bridgehead atoms. The van der Waals surface area contributed by atoms with E-state index in [4.69, 9.17) is 32.9 Å². The molecule has 10 heteroatoms. The van der Waals surface area contributed by atoms with Crippen LogP contribution < -0.4 is 15.6 Å². The Bertz CT molecular complexity index is 1630. The molecule has 0 atom stereocenters. The Morgan fingerprint density at radius 2 is 1.86 bits per heavy atom. The topological polar surface area (TPSA) is 89.0 Å². The molecule has 0 aliphatic heterocycles. The van der Waals surface area contributed by atoms with Gasteiger partial charge < -0.3 is 15.0 Å². The maximum atomic E-state index is 13.6. The van der Waals surface area contributed by atoms with Gasteiger partial charge in [0, 0.05) is 16.6 Å². The SMILES string of the molecule is COc1ccc(-n2c(SCC(=O)Nc3ccc(Cl)c(Cl)c3)nc3c([nH]c4ccccc43)c2=O)cc1. The number of hydrogen-bond donors (Lipinski definition) is 2. The molecule has 0 saturated carbocycles. The van der Waals surface area contributed by atoms with E-state index in [-0.39, 0.29) is 17.2 Å². The van der Waals surface area contributed by atoms with Crippen molar-refractivity contribution in [3.8, 4) is 11.4 Å². The molecule has 2 heterocycles. The largest absolute Gasteiger partial charge is 0.497 e. The van der Waals surface area contributed by atoms with Gasteiger partial charge in [0.1, 0.15) is 16.8 Å². The van der Waals surface area contributed by atoms with Crippen LogP contribution in [0.25, 0.3) is 27.6 Å². The van der Waals surface area contributed by atoms with Crippen molar-refractivity contribution < 1.29 is 9.53 Å². The van der Waals surface area contributed by atoms with Crippen LogP contribution in [-0.2, 0) is 4.79 Å². The van der Waals surface area contributed by atoms with Crippen molar-refractivity contribution in [3.05, 3.63) is 87.1 Å². The van der Waals surface area contributed by atoms with Crippen LogP contribution in [0.15, 0.2) is 76.7 Å². The van der Waals surface area contributed by atoms with E-state index < -0.39 is 0 Å². The minimum atomic E-state index is -0.275. The highest BCUT2D eigenvalue weighted by molar-refractivity contribution is 7.99. The molecule has 5 aromatic rings. The number of aromatic nitrogens is 3. The summed E-state index contributed by atoms with van der Waals surface area (Å²) >= 11 is 13.2. The quantitative estimate of drug-likeness (QED) is 0.213. The highest BCUT2D eigenvalue weighted by Gasteiger charge is 2.18. The number of rotatable bonds is 6. The summed E-state index contributed by atoms with van der Waals surface area (Å²) in [7, 11) is 1.58. The fraction of sp³-hybridized carbons (Fsp3) is 0.0800. The van der Waals surface area contributed by atoms with Gasteiger partial charge in [0.15, 0.2) is 5.16 Å². The number of benzene rings is 3. The van der Waals surface area contributed by atoms with Crippen LogP contribution in [-0.4, -0.2) is 33.3 Å². The molecule has 0 fully saturated rings. The number of hydrogen-bond acceptors (Lipinski definition) is 5. The van der Waals surface area contributed by atoms with Gasteiger partial charge in [0.2, 0.25) is 5.91 Å². The van der Waals surface area contributed by atoms with Gasteiger partial charge in [-0.05, 0) is 48.5 Å². The van der Waals surface area contributed by atoms with Gasteiger partial charge in [-0.15, -0.1) is 0 Å². The number of anilines is 1. The molecule has 3 aromatic carbocycles. The number of halogens is 2. The van der Waals surface area contributed by atoms with E-state index in [0.29, 0.717) is 43.4 Å². The Labute approximate surface area is 214 Å². The lowest BCUT2D eigenvalue weighted by Crippen LogP contribution is -2.23. The number of nitrogens with zero attached hydrogens (tertiary/aromatic N) is 2. The van der Waals surface area contributed by atoms with E-state index in [2.05, 4.69) is 10.3 Å². The average Bonchev–Trinajstić information content (AvgIpc) is 3.24. The van der Waals surface area contributed by atoms with Gasteiger partial charge in [-0.2, -0.15) is 0 Å². The van der Waals surface area contributed by atoms with E-state index in [0.717, 1.165) is 22.7 Å². The van der Waals surface area contributed by atoms with Crippen molar-refractivity contribution in [2.45, 2.75) is 5.16 Å². The van der Waals surface area contributed by atoms with E-state index in [1.165, 1.54) is 4.57 Å². The highest BCUT2D eigenvalue weighted by Crippen LogP contribution is 2.28. The monoisotopic (exact) mass is 524 g/mol.